The Kier molecular flexibility index (Phi) is 5.19. The number of hydrogen-bond donors (Lipinski definition) is 1. The number of nitrogens with one attached hydrogen (secondary N) is 1. The molecule has 3 aromatic rings. The Bertz CT molecular complexity index is 893. The number of aromatic nitrogens is 2. The summed E-state index contributed by atoms with van der Waals surface area (Å²) in [7, 11) is 4.07. The first-order chi connectivity index (χ1) is 12.4. The van der Waals surface area contributed by atoms with E-state index in [-0.39, 0.29) is 5.91 Å². The molecule has 1 aromatic heterocycles. The van der Waals surface area contributed by atoms with Crippen LogP contribution in [0.15, 0.2) is 54.6 Å². The summed E-state index contributed by atoms with van der Waals surface area (Å²) in [5.74, 6) is -0.120. The van der Waals surface area contributed by atoms with E-state index in [1.807, 2.05) is 87.2 Å². The van der Waals surface area contributed by atoms with Crippen molar-refractivity contribution in [3.05, 3.63) is 77.1 Å². The van der Waals surface area contributed by atoms with Crippen LogP contribution in [0.5, 0.6) is 0 Å². The van der Waals surface area contributed by atoms with Crippen molar-refractivity contribution in [2.45, 2.75) is 20.4 Å². The van der Waals surface area contributed by atoms with Crippen molar-refractivity contribution >= 4 is 11.6 Å². The summed E-state index contributed by atoms with van der Waals surface area (Å²) in [4.78, 5) is 14.6. The van der Waals surface area contributed by atoms with Gasteiger partial charge in [0.2, 0.25) is 0 Å². The molecule has 0 unspecified atom stereocenters. The second-order valence-corrected chi connectivity index (χ2v) is 6.77. The van der Waals surface area contributed by atoms with Gasteiger partial charge in [0.1, 0.15) is 0 Å². The molecule has 0 aliphatic rings. The van der Waals surface area contributed by atoms with Gasteiger partial charge in [-0.2, -0.15) is 5.10 Å². The minimum Gasteiger partial charge on any atom is -0.322 e. The van der Waals surface area contributed by atoms with E-state index in [9.17, 15) is 4.79 Å². The van der Waals surface area contributed by atoms with E-state index in [0.29, 0.717) is 5.56 Å². The zero-order chi connectivity index (χ0) is 18.7. The van der Waals surface area contributed by atoms with Crippen molar-refractivity contribution in [1.29, 1.82) is 0 Å². The van der Waals surface area contributed by atoms with Gasteiger partial charge in [-0.25, -0.2) is 4.68 Å². The monoisotopic (exact) mass is 348 g/mol. The van der Waals surface area contributed by atoms with Crippen molar-refractivity contribution in [2.75, 3.05) is 19.4 Å². The molecule has 26 heavy (non-hydrogen) atoms. The fourth-order valence-corrected chi connectivity index (χ4v) is 2.91. The maximum absolute atomic E-state index is 12.5. The summed E-state index contributed by atoms with van der Waals surface area (Å²) >= 11 is 0. The molecule has 0 atom stereocenters. The Balaban J connectivity index is 1.69. The molecule has 0 bridgehead atoms. The number of rotatable bonds is 5. The number of aryl methyl sites for hydroxylation is 2. The van der Waals surface area contributed by atoms with Crippen LogP contribution in [0.3, 0.4) is 0 Å². The van der Waals surface area contributed by atoms with E-state index in [4.69, 9.17) is 0 Å². The third kappa shape index (κ3) is 4.18. The van der Waals surface area contributed by atoms with E-state index in [0.717, 1.165) is 29.3 Å². The number of amides is 1. The number of benzene rings is 2. The van der Waals surface area contributed by atoms with Crippen LogP contribution >= 0.6 is 0 Å². The molecule has 5 heteroatoms. The lowest BCUT2D eigenvalue weighted by atomic mass is 10.1. The van der Waals surface area contributed by atoms with E-state index in [1.54, 1.807) is 0 Å². The first kappa shape index (κ1) is 17.9. The Labute approximate surface area is 154 Å². The van der Waals surface area contributed by atoms with Gasteiger partial charge >= 0.3 is 0 Å². The molecular formula is C21H24N4O. The zero-order valence-electron chi connectivity index (χ0n) is 15.7. The summed E-state index contributed by atoms with van der Waals surface area (Å²) in [6.45, 7) is 4.86. The van der Waals surface area contributed by atoms with E-state index in [1.165, 1.54) is 5.56 Å². The Morgan fingerprint density at radius 2 is 1.69 bits per heavy atom. The van der Waals surface area contributed by atoms with Crippen LogP contribution in [0, 0.1) is 13.8 Å². The second kappa shape index (κ2) is 7.54. The van der Waals surface area contributed by atoms with Crippen LogP contribution in [0.25, 0.3) is 5.69 Å². The smallest absolute Gasteiger partial charge is 0.255 e. The highest BCUT2D eigenvalue weighted by molar-refractivity contribution is 6.04. The number of carbonyl (C=O) groups is 1. The molecule has 0 saturated carbocycles. The fourth-order valence-electron chi connectivity index (χ4n) is 2.91. The molecule has 5 nitrogen and oxygen atoms in total. The van der Waals surface area contributed by atoms with Gasteiger partial charge in [-0.1, -0.05) is 12.1 Å². The molecule has 0 fully saturated rings. The van der Waals surface area contributed by atoms with Crippen molar-refractivity contribution in [1.82, 2.24) is 14.7 Å². The van der Waals surface area contributed by atoms with Crippen LogP contribution in [0.4, 0.5) is 5.69 Å². The van der Waals surface area contributed by atoms with Crippen LogP contribution in [0.2, 0.25) is 0 Å². The van der Waals surface area contributed by atoms with Crippen molar-refractivity contribution < 1.29 is 4.79 Å². The van der Waals surface area contributed by atoms with Gasteiger partial charge in [0.25, 0.3) is 5.91 Å². The van der Waals surface area contributed by atoms with Gasteiger partial charge in [0, 0.05) is 23.5 Å². The number of carbonyl (C=O) groups excluding carboxylic acids is 1. The van der Waals surface area contributed by atoms with E-state index >= 15 is 0 Å². The van der Waals surface area contributed by atoms with Gasteiger partial charge in [0.15, 0.2) is 0 Å². The molecule has 0 saturated heterocycles. The first-order valence-electron chi connectivity index (χ1n) is 8.61. The molecule has 2 aromatic carbocycles. The number of nitrogens with zero attached hydrogens (tertiary/aromatic N) is 3. The van der Waals surface area contributed by atoms with Gasteiger partial charge in [-0.3, -0.25) is 4.79 Å². The minimum absolute atomic E-state index is 0.120. The normalized spacial score (nSPS) is 11.0. The zero-order valence-corrected chi connectivity index (χ0v) is 15.7. The van der Waals surface area contributed by atoms with Crippen molar-refractivity contribution in [2.24, 2.45) is 0 Å². The molecule has 3 rings (SSSR count). The van der Waals surface area contributed by atoms with Crippen LogP contribution in [-0.4, -0.2) is 34.7 Å². The molecule has 0 aliphatic carbocycles. The average Bonchev–Trinajstić information content (AvgIpc) is 2.94. The molecule has 0 radical (unpaired) electrons. The molecule has 1 heterocycles. The predicted octanol–water partition coefficient (Wildman–Crippen LogP) is 3.80. The molecule has 0 aliphatic heterocycles. The lowest BCUT2D eigenvalue weighted by Gasteiger charge is -2.11. The Morgan fingerprint density at radius 1 is 1.04 bits per heavy atom. The number of hydrogen-bond acceptors (Lipinski definition) is 3. The lowest BCUT2D eigenvalue weighted by Crippen LogP contribution is -2.13. The number of anilines is 1. The highest BCUT2D eigenvalue weighted by Gasteiger charge is 2.08. The molecule has 1 amide bonds. The molecule has 1 N–H and O–H groups in total. The Morgan fingerprint density at radius 3 is 2.23 bits per heavy atom. The first-order valence-corrected chi connectivity index (χ1v) is 8.61. The van der Waals surface area contributed by atoms with Gasteiger partial charge in [0.05, 0.1) is 11.4 Å². The third-order valence-electron chi connectivity index (χ3n) is 4.09. The largest absolute Gasteiger partial charge is 0.322 e. The fraction of sp³-hybridized carbons (Fsp3) is 0.238. The summed E-state index contributed by atoms with van der Waals surface area (Å²) < 4.78 is 1.88. The average molecular weight is 348 g/mol. The maximum Gasteiger partial charge on any atom is 0.255 e. The topological polar surface area (TPSA) is 50.2 Å². The van der Waals surface area contributed by atoms with Crippen molar-refractivity contribution in [3.63, 3.8) is 0 Å². The standard InChI is InChI=1S/C21H24N4O/c1-15-13-16(2)25(23-15)20-11-7-18(8-12-20)21(26)22-19-9-5-17(6-10-19)14-24(3)4/h5-13H,14H2,1-4H3,(H,22,26). The third-order valence-corrected chi connectivity index (χ3v) is 4.09. The van der Waals surface area contributed by atoms with Crippen molar-refractivity contribution in [3.8, 4) is 5.69 Å². The lowest BCUT2D eigenvalue weighted by molar-refractivity contribution is 0.102. The quantitative estimate of drug-likeness (QED) is 0.763. The maximum atomic E-state index is 12.5. The highest BCUT2D eigenvalue weighted by Crippen LogP contribution is 2.15. The van der Waals surface area contributed by atoms with Gasteiger partial charge < -0.3 is 10.2 Å². The predicted molar refractivity (Wildman–Crippen MR) is 105 cm³/mol. The SMILES string of the molecule is Cc1cc(C)n(-c2ccc(C(=O)Nc3ccc(CN(C)C)cc3)cc2)n1. The van der Waals surface area contributed by atoms with Gasteiger partial charge in [-0.05, 0) is 76.0 Å². The van der Waals surface area contributed by atoms with E-state index in [2.05, 4.69) is 15.3 Å². The van der Waals surface area contributed by atoms with Crippen LogP contribution in [0.1, 0.15) is 27.3 Å². The molecular weight excluding hydrogens is 324 g/mol. The highest BCUT2D eigenvalue weighted by atomic mass is 16.1. The minimum atomic E-state index is -0.120. The van der Waals surface area contributed by atoms with E-state index < -0.39 is 0 Å². The summed E-state index contributed by atoms with van der Waals surface area (Å²) in [5.41, 5.74) is 5.61. The van der Waals surface area contributed by atoms with Crippen LogP contribution in [-0.2, 0) is 6.54 Å². The van der Waals surface area contributed by atoms with Crippen LogP contribution < -0.4 is 5.32 Å². The second-order valence-electron chi connectivity index (χ2n) is 6.77. The van der Waals surface area contributed by atoms with Gasteiger partial charge in [-0.15, -0.1) is 0 Å². The molecule has 134 valence electrons. The summed E-state index contributed by atoms with van der Waals surface area (Å²) in [6, 6.07) is 17.4. The Hall–Kier alpha value is -2.92. The summed E-state index contributed by atoms with van der Waals surface area (Å²) in [5, 5.41) is 7.40. The summed E-state index contributed by atoms with van der Waals surface area (Å²) in [6.07, 6.45) is 0. The molecule has 0 spiro atoms.